The van der Waals surface area contributed by atoms with Gasteiger partial charge < -0.3 is 19.0 Å². The highest BCUT2D eigenvalue weighted by atomic mass is 16.5. The van der Waals surface area contributed by atoms with Gasteiger partial charge in [0.1, 0.15) is 17.5 Å². The van der Waals surface area contributed by atoms with Crippen LogP contribution in [0.3, 0.4) is 0 Å². The van der Waals surface area contributed by atoms with Crippen LogP contribution < -0.4 is 15.6 Å². The standard InChI is InChI=1S/C18H20N4O4/c1-4-8-25-16-12(6-5-7-19-16)9-20-15(23)13-11(2)26-17-14(13)18(24)22(3)10-21-17/h5-7,10H,4,8-9H2,1-3H3,(H,20,23). The SMILES string of the molecule is CCCOc1ncccc1CNC(=O)c1c(C)oc2ncn(C)c(=O)c12. The van der Waals surface area contributed by atoms with Crippen molar-refractivity contribution in [1.82, 2.24) is 19.9 Å². The van der Waals surface area contributed by atoms with Gasteiger partial charge in [-0.15, -0.1) is 0 Å². The fourth-order valence-electron chi connectivity index (χ4n) is 2.61. The molecule has 8 heteroatoms. The minimum absolute atomic E-state index is 0.157. The summed E-state index contributed by atoms with van der Waals surface area (Å²) in [6.45, 7) is 4.41. The first-order valence-electron chi connectivity index (χ1n) is 8.32. The number of ether oxygens (including phenoxy) is 1. The normalized spacial score (nSPS) is 10.9. The van der Waals surface area contributed by atoms with Gasteiger partial charge in [-0.3, -0.25) is 9.59 Å². The van der Waals surface area contributed by atoms with Crippen molar-refractivity contribution in [3.8, 4) is 5.88 Å². The fraction of sp³-hybridized carbons (Fsp3) is 0.333. The fourth-order valence-corrected chi connectivity index (χ4v) is 2.61. The third kappa shape index (κ3) is 3.30. The van der Waals surface area contributed by atoms with Gasteiger partial charge >= 0.3 is 0 Å². The number of fused-ring (bicyclic) bond motifs is 1. The number of nitrogens with one attached hydrogen (secondary N) is 1. The second-order valence-corrected chi connectivity index (χ2v) is 5.87. The smallest absolute Gasteiger partial charge is 0.265 e. The zero-order valence-corrected chi connectivity index (χ0v) is 14.9. The number of amides is 1. The molecule has 3 aromatic heterocycles. The predicted octanol–water partition coefficient (Wildman–Crippen LogP) is 1.95. The van der Waals surface area contributed by atoms with Gasteiger partial charge in [0, 0.05) is 25.4 Å². The van der Waals surface area contributed by atoms with Crippen LogP contribution in [0.15, 0.2) is 33.9 Å². The molecule has 0 fully saturated rings. The van der Waals surface area contributed by atoms with Crippen LogP contribution in [0.5, 0.6) is 5.88 Å². The molecular formula is C18H20N4O4. The highest BCUT2D eigenvalue weighted by molar-refractivity contribution is 6.06. The molecule has 0 aliphatic rings. The molecule has 1 N–H and O–H groups in total. The Kier molecular flexibility index (Phi) is 5.01. The first-order valence-corrected chi connectivity index (χ1v) is 8.32. The zero-order chi connectivity index (χ0) is 18.7. The van der Waals surface area contributed by atoms with Crippen molar-refractivity contribution in [3.05, 3.63) is 51.9 Å². The molecule has 3 rings (SSSR count). The molecule has 0 unspecified atom stereocenters. The van der Waals surface area contributed by atoms with Crippen LogP contribution in [0.4, 0.5) is 0 Å². The Morgan fingerprint density at radius 2 is 2.19 bits per heavy atom. The van der Waals surface area contributed by atoms with E-state index < -0.39 is 5.91 Å². The van der Waals surface area contributed by atoms with E-state index in [0.717, 1.165) is 12.0 Å². The lowest BCUT2D eigenvalue weighted by Gasteiger charge is -2.10. The molecule has 26 heavy (non-hydrogen) atoms. The summed E-state index contributed by atoms with van der Waals surface area (Å²) in [7, 11) is 1.58. The summed E-state index contributed by atoms with van der Waals surface area (Å²) in [4.78, 5) is 33.3. The van der Waals surface area contributed by atoms with Gasteiger partial charge in [0.2, 0.25) is 11.6 Å². The summed E-state index contributed by atoms with van der Waals surface area (Å²) in [5.74, 6) is 0.430. The van der Waals surface area contributed by atoms with Crippen molar-refractivity contribution < 1.29 is 13.9 Å². The maximum Gasteiger partial charge on any atom is 0.265 e. The number of rotatable bonds is 6. The molecule has 0 aliphatic carbocycles. The summed E-state index contributed by atoms with van der Waals surface area (Å²) in [6, 6.07) is 3.61. The molecule has 3 aromatic rings. The molecule has 0 saturated heterocycles. The monoisotopic (exact) mass is 356 g/mol. The predicted molar refractivity (Wildman–Crippen MR) is 95.2 cm³/mol. The largest absolute Gasteiger partial charge is 0.477 e. The maximum absolute atomic E-state index is 12.7. The second-order valence-electron chi connectivity index (χ2n) is 5.87. The average Bonchev–Trinajstić information content (AvgIpc) is 2.98. The minimum Gasteiger partial charge on any atom is -0.477 e. The minimum atomic E-state index is -0.406. The Balaban J connectivity index is 1.86. The van der Waals surface area contributed by atoms with Gasteiger partial charge in [-0.1, -0.05) is 13.0 Å². The van der Waals surface area contributed by atoms with E-state index in [-0.39, 0.29) is 28.8 Å². The number of carbonyl (C=O) groups excluding carboxylic acids is 1. The van der Waals surface area contributed by atoms with Crippen molar-refractivity contribution in [2.75, 3.05) is 6.61 Å². The summed E-state index contributed by atoms with van der Waals surface area (Å²) in [5.41, 5.74) is 0.786. The van der Waals surface area contributed by atoms with Crippen molar-refractivity contribution in [3.63, 3.8) is 0 Å². The van der Waals surface area contributed by atoms with E-state index in [4.69, 9.17) is 9.15 Å². The molecule has 136 valence electrons. The Bertz CT molecular complexity index is 1010. The summed E-state index contributed by atoms with van der Waals surface area (Å²) in [6.07, 6.45) is 3.86. The Hall–Kier alpha value is -3.16. The molecule has 0 saturated carbocycles. The summed E-state index contributed by atoms with van der Waals surface area (Å²) < 4.78 is 12.4. The number of aryl methyl sites for hydroxylation is 2. The van der Waals surface area contributed by atoms with Crippen molar-refractivity contribution >= 4 is 17.0 Å². The average molecular weight is 356 g/mol. The molecule has 0 spiro atoms. The first-order chi connectivity index (χ1) is 12.5. The molecule has 0 bridgehead atoms. The van der Waals surface area contributed by atoms with E-state index in [0.29, 0.717) is 18.2 Å². The molecule has 0 atom stereocenters. The number of nitrogens with zero attached hydrogens (tertiary/aromatic N) is 3. The molecule has 0 aromatic carbocycles. The van der Waals surface area contributed by atoms with Crippen LogP contribution >= 0.6 is 0 Å². The third-order valence-corrected chi connectivity index (χ3v) is 3.91. The highest BCUT2D eigenvalue weighted by Crippen LogP contribution is 2.21. The van der Waals surface area contributed by atoms with Crippen LogP contribution in [-0.2, 0) is 13.6 Å². The number of furan rings is 1. The zero-order valence-electron chi connectivity index (χ0n) is 14.9. The lowest BCUT2D eigenvalue weighted by Crippen LogP contribution is -2.26. The number of carbonyl (C=O) groups is 1. The summed E-state index contributed by atoms with van der Waals surface area (Å²) in [5, 5.41) is 2.98. The second kappa shape index (κ2) is 7.38. The Morgan fingerprint density at radius 1 is 1.38 bits per heavy atom. The Morgan fingerprint density at radius 3 is 2.96 bits per heavy atom. The molecule has 0 aliphatic heterocycles. The van der Waals surface area contributed by atoms with Crippen molar-refractivity contribution in [2.24, 2.45) is 7.05 Å². The molecule has 1 amide bonds. The quantitative estimate of drug-likeness (QED) is 0.725. The van der Waals surface area contributed by atoms with Gasteiger partial charge in [-0.2, -0.15) is 0 Å². The lowest BCUT2D eigenvalue weighted by atomic mass is 10.1. The van der Waals surface area contributed by atoms with E-state index in [9.17, 15) is 9.59 Å². The van der Waals surface area contributed by atoms with Gasteiger partial charge in [0.25, 0.3) is 11.5 Å². The van der Waals surface area contributed by atoms with Crippen LogP contribution in [0, 0.1) is 6.92 Å². The molecule has 8 nitrogen and oxygen atoms in total. The molecule has 3 heterocycles. The maximum atomic E-state index is 12.7. The van der Waals surface area contributed by atoms with E-state index >= 15 is 0 Å². The lowest BCUT2D eigenvalue weighted by molar-refractivity contribution is 0.0950. The van der Waals surface area contributed by atoms with Crippen LogP contribution in [0.25, 0.3) is 11.1 Å². The van der Waals surface area contributed by atoms with Crippen molar-refractivity contribution in [1.29, 1.82) is 0 Å². The van der Waals surface area contributed by atoms with Crippen LogP contribution in [-0.4, -0.2) is 27.0 Å². The van der Waals surface area contributed by atoms with E-state index in [2.05, 4.69) is 15.3 Å². The Labute approximate surface area is 149 Å². The molecule has 0 radical (unpaired) electrons. The molecular weight excluding hydrogens is 336 g/mol. The van der Waals surface area contributed by atoms with E-state index in [1.54, 1.807) is 26.2 Å². The number of aromatic nitrogens is 3. The number of hydrogen-bond donors (Lipinski definition) is 1. The van der Waals surface area contributed by atoms with Gasteiger partial charge in [0.05, 0.1) is 12.2 Å². The van der Waals surface area contributed by atoms with Crippen LogP contribution in [0.2, 0.25) is 0 Å². The third-order valence-electron chi connectivity index (χ3n) is 3.91. The number of pyridine rings is 1. The summed E-state index contributed by atoms with van der Waals surface area (Å²) >= 11 is 0. The van der Waals surface area contributed by atoms with Gasteiger partial charge in [-0.05, 0) is 19.4 Å². The topological polar surface area (TPSA) is 99.2 Å². The van der Waals surface area contributed by atoms with Crippen LogP contribution in [0.1, 0.15) is 35.0 Å². The van der Waals surface area contributed by atoms with Crippen molar-refractivity contribution in [2.45, 2.75) is 26.8 Å². The first kappa shape index (κ1) is 17.7. The van der Waals surface area contributed by atoms with Gasteiger partial charge in [-0.25, -0.2) is 9.97 Å². The van der Waals surface area contributed by atoms with E-state index in [1.165, 1.54) is 10.9 Å². The highest BCUT2D eigenvalue weighted by Gasteiger charge is 2.22. The number of hydrogen-bond acceptors (Lipinski definition) is 6. The van der Waals surface area contributed by atoms with Gasteiger partial charge in [0.15, 0.2) is 0 Å². The van der Waals surface area contributed by atoms with E-state index in [1.807, 2.05) is 13.0 Å².